The van der Waals surface area contributed by atoms with Crippen molar-refractivity contribution in [1.29, 1.82) is 0 Å². The van der Waals surface area contributed by atoms with E-state index in [0.29, 0.717) is 0 Å². The van der Waals surface area contributed by atoms with Crippen LogP contribution in [0.2, 0.25) is 5.02 Å². The molecule has 0 amide bonds. The first kappa shape index (κ1) is 16.5. The van der Waals surface area contributed by atoms with Crippen LogP contribution < -0.4 is 5.32 Å². The Morgan fingerprint density at radius 2 is 1.71 bits per heavy atom. The topological polar surface area (TPSA) is 12.0 Å². The molecule has 1 N–H and O–H groups in total. The number of hydrogen-bond donors (Lipinski definition) is 1. The second-order valence-electron chi connectivity index (χ2n) is 5.40. The molecule has 0 aliphatic heterocycles. The van der Waals surface area contributed by atoms with Crippen molar-refractivity contribution in [1.82, 2.24) is 5.32 Å². The average Bonchev–Trinajstić information content (AvgIpc) is 2.46. The summed E-state index contributed by atoms with van der Waals surface area (Å²) < 4.78 is 0.939. The molecule has 0 bridgehead atoms. The molecule has 0 aliphatic rings. The first-order chi connectivity index (χ1) is 10.0. The molecule has 0 fully saturated rings. The van der Waals surface area contributed by atoms with Crippen LogP contribution in [-0.4, -0.2) is 6.54 Å². The summed E-state index contributed by atoms with van der Waals surface area (Å²) in [6.07, 6.45) is 1.11. The Morgan fingerprint density at radius 1 is 1.05 bits per heavy atom. The van der Waals surface area contributed by atoms with Crippen LogP contribution in [0.5, 0.6) is 0 Å². The van der Waals surface area contributed by atoms with Gasteiger partial charge in [-0.15, -0.1) is 0 Å². The van der Waals surface area contributed by atoms with Gasteiger partial charge in [0.15, 0.2) is 0 Å². The van der Waals surface area contributed by atoms with Crippen molar-refractivity contribution in [3.8, 4) is 0 Å². The third-order valence-corrected chi connectivity index (χ3v) is 4.95. The van der Waals surface area contributed by atoms with Crippen molar-refractivity contribution >= 4 is 27.5 Å². The number of rotatable bonds is 5. The molecule has 0 aliphatic carbocycles. The molecule has 112 valence electrons. The van der Waals surface area contributed by atoms with E-state index in [1.165, 1.54) is 22.3 Å². The van der Waals surface area contributed by atoms with E-state index in [9.17, 15) is 0 Å². The van der Waals surface area contributed by atoms with E-state index >= 15 is 0 Å². The maximum absolute atomic E-state index is 6.11. The SMILES string of the molecule is CCCNC(c1ccc(C)c(C)c1)c1ccc(Cl)c(Br)c1. The lowest BCUT2D eigenvalue weighted by Crippen LogP contribution is -2.23. The van der Waals surface area contributed by atoms with E-state index in [1.54, 1.807) is 0 Å². The molecule has 0 heterocycles. The summed E-state index contributed by atoms with van der Waals surface area (Å²) in [6, 6.07) is 13.0. The Labute approximate surface area is 140 Å². The largest absolute Gasteiger partial charge is 0.306 e. The molecule has 1 unspecified atom stereocenters. The van der Waals surface area contributed by atoms with Gasteiger partial charge < -0.3 is 5.32 Å². The molecule has 2 aromatic carbocycles. The first-order valence-electron chi connectivity index (χ1n) is 7.28. The van der Waals surface area contributed by atoms with Crippen molar-refractivity contribution in [2.24, 2.45) is 0 Å². The van der Waals surface area contributed by atoms with Crippen LogP contribution in [0.4, 0.5) is 0 Å². The van der Waals surface area contributed by atoms with Crippen LogP contribution >= 0.6 is 27.5 Å². The molecule has 2 aromatic rings. The van der Waals surface area contributed by atoms with Crippen molar-refractivity contribution < 1.29 is 0 Å². The van der Waals surface area contributed by atoms with Gasteiger partial charge >= 0.3 is 0 Å². The van der Waals surface area contributed by atoms with Crippen LogP contribution in [0.25, 0.3) is 0 Å². The second kappa shape index (κ2) is 7.44. The molecule has 21 heavy (non-hydrogen) atoms. The quantitative estimate of drug-likeness (QED) is 0.704. The van der Waals surface area contributed by atoms with Gasteiger partial charge in [0, 0.05) is 4.47 Å². The monoisotopic (exact) mass is 365 g/mol. The highest BCUT2D eigenvalue weighted by Gasteiger charge is 2.15. The van der Waals surface area contributed by atoms with Gasteiger partial charge in [0.25, 0.3) is 0 Å². The maximum atomic E-state index is 6.11. The molecule has 0 saturated heterocycles. The van der Waals surface area contributed by atoms with Gasteiger partial charge in [0.05, 0.1) is 11.1 Å². The lowest BCUT2D eigenvalue weighted by molar-refractivity contribution is 0.598. The fourth-order valence-electron chi connectivity index (χ4n) is 2.35. The number of aryl methyl sites for hydroxylation is 2. The fraction of sp³-hybridized carbons (Fsp3) is 0.333. The number of benzene rings is 2. The summed E-state index contributed by atoms with van der Waals surface area (Å²) in [6.45, 7) is 7.47. The van der Waals surface area contributed by atoms with Gasteiger partial charge in [-0.2, -0.15) is 0 Å². The molecule has 0 aromatic heterocycles. The minimum atomic E-state index is 0.192. The van der Waals surface area contributed by atoms with Gasteiger partial charge in [-0.25, -0.2) is 0 Å². The summed E-state index contributed by atoms with van der Waals surface area (Å²) in [5.74, 6) is 0. The van der Waals surface area contributed by atoms with Crippen molar-refractivity contribution in [3.05, 3.63) is 68.1 Å². The molecular formula is C18H21BrClN. The van der Waals surface area contributed by atoms with E-state index in [4.69, 9.17) is 11.6 Å². The Kier molecular flexibility index (Phi) is 5.86. The zero-order valence-electron chi connectivity index (χ0n) is 12.7. The predicted octanol–water partition coefficient (Wildman–Crippen LogP) is 5.81. The summed E-state index contributed by atoms with van der Waals surface area (Å²) in [4.78, 5) is 0. The number of nitrogens with one attached hydrogen (secondary N) is 1. The highest BCUT2D eigenvalue weighted by Crippen LogP contribution is 2.30. The summed E-state index contributed by atoms with van der Waals surface area (Å²) >= 11 is 9.64. The number of hydrogen-bond acceptors (Lipinski definition) is 1. The fourth-order valence-corrected chi connectivity index (χ4v) is 2.87. The Balaban J connectivity index is 2.41. The molecular weight excluding hydrogens is 346 g/mol. The highest BCUT2D eigenvalue weighted by molar-refractivity contribution is 9.10. The first-order valence-corrected chi connectivity index (χ1v) is 8.45. The molecule has 0 saturated carbocycles. The summed E-state index contributed by atoms with van der Waals surface area (Å²) in [5, 5.41) is 4.38. The molecule has 1 nitrogen and oxygen atoms in total. The van der Waals surface area contributed by atoms with Crippen LogP contribution in [0.15, 0.2) is 40.9 Å². The standard InChI is InChI=1S/C18H21BrClN/c1-4-9-21-18(14-6-5-12(2)13(3)10-14)15-7-8-17(20)16(19)11-15/h5-8,10-11,18,21H,4,9H2,1-3H3. The summed E-state index contributed by atoms with van der Waals surface area (Å²) in [5.41, 5.74) is 5.16. The zero-order chi connectivity index (χ0) is 15.4. The van der Waals surface area contributed by atoms with E-state index in [0.717, 1.165) is 22.5 Å². The molecule has 0 spiro atoms. The third kappa shape index (κ3) is 4.09. The highest BCUT2D eigenvalue weighted by atomic mass is 79.9. The average molecular weight is 367 g/mol. The van der Waals surface area contributed by atoms with Gasteiger partial charge in [0.2, 0.25) is 0 Å². The molecule has 2 rings (SSSR count). The maximum Gasteiger partial charge on any atom is 0.0577 e. The van der Waals surface area contributed by atoms with Gasteiger partial charge in [-0.3, -0.25) is 0 Å². The second-order valence-corrected chi connectivity index (χ2v) is 6.67. The van der Waals surface area contributed by atoms with E-state index < -0.39 is 0 Å². The van der Waals surface area contributed by atoms with E-state index in [1.807, 2.05) is 6.07 Å². The minimum absolute atomic E-state index is 0.192. The third-order valence-electron chi connectivity index (χ3n) is 3.74. The van der Waals surface area contributed by atoms with E-state index in [-0.39, 0.29) is 6.04 Å². The molecule has 3 heteroatoms. The van der Waals surface area contributed by atoms with Gasteiger partial charge in [-0.05, 0) is 77.1 Å². The Hall–Kier alpha value is -0.830. The van der Waals surface area contributed by atoms with Gasteiger partial charge in [0.1, 0.15) is 0 Å². The van der Waals surface area contributed by atoms with Gasteiger partial charge in [-0.1, -0.05) is 42.8 Å². The van der Waals surface area contributed by atoms with Crippen LogP contribution in [0.3, 0.4) is 0 Å². The Morgan fingerprint density at radius 3 is 2.33 bits per heavy atom. The minimum Gasteiger partial charge on any atom is -0.306 e. The van der Waals surface area contributed by atoms with Crippen LogP contribution in [0, 0.1) is 13.8 Å². The van der Waals surface area contributed by atoms with Crippen molar-refractivity contribution in [3.63, 3.8) is 0 Å². The van der Waals surface area contributed by atoms with Crippen LogP contribution in [-0.2, 0) is 0 Å². The lowest BCUT2D eigenvalue weighted by Gasteiger charge is -2.21. The van der Waals surface area contributed by atoms with Crippen molar-refractivity contribution in [2.75, 3.05) is 6.54 Å². The van der Waals surface area contributed by atoms with E-state index in [2.05, 4.69) is 72.3 Å². The molecule has 0 radical (unpaired) electrons. The van der Waals surface area contributed by atoms with Crippen LogP contribution in [0.1, 0.15) is 41.6 Å². The summed E-state index contributed by atoms with van der Waals surface area (Å²) in [7, 11) is 0. The van der Waals surface area contributed by atoms with Crippen molar-refractivity contribution in [2.45, 2.75) is 33.2 Å². The lowest BCUT2D eigenvalue weighted by atomic mass is 9.95. The molecule has 1 atom stereocenters. The predicted molar refractivity (Wildman–Crippen MR) is 95.2 cm³/mol. The Bertz CT molecular complexity index is 573. The zero-order valence-corrected chi connectivity index (χ0v) is 15.1. The normalized spacial score (nSPS) is 12.4. The smallest absolute Gasteiger partial charge is 0.0577 e. The number of halogens is 2.